The molecule has 3 nitrogen and oxygen atoms in total. The van der Waals surface area contributed by atoms with Crippen LogP contribution in [0.2, 0.25) is 0 Å². The van der Waals surface area contributed by atoms with Crippen molar-refractivity contribution in [1.82, 2.24) is 10.2 Å². The predicted molar refractivity (Wildman–Crippen MR) is 40.7 cm³/mol. The van der Waals surface area contributed by atoms with E-state index in [4.69, 9.17) is 0 Å². The van der Waals surface area contributed by atoms with Gasteiger partial charge in [-0.3, -0.25) is 9.89 Å². The van der Waals surface area contributed by atoms with Crippen molar-refractivity contribution in [3.63, 3.8) is 0 Å². The van der Waals surface area contributed by atoms with Crippen LogP contribution in [0.4, 0.5) is 0 Å². The molecule has 11 heavy (non-hydrogen) atoms. The molecule has 2 N–H and O–H groups in total. The van der Waals surface area contributed by atoms with Crippen LogP contribution in [0.3, 0.4) is 0 Å². The number of nitrogens with one attached hydrogen (secondary N) is 2. The fraction of sp³-hybridized carbons (Fsp3) is 0.625. The van der Waals surface area contributed by atoms with E-state index < -0.39 is 0 Å². The van der Waals surface area contributed by atoms with Gasteiger partial charge in [0.25, 0.3) is 5.56 Å². The number of H-pyrrole nitrogens is 2. The molecule has 0 spiro atoms. The van der Waals surface area contributed by atoms with Crippen molar-refractivity contribution >= 4 is 0 Å². The maximum Gasteiger partial charge on any atom is 0.267 e. The second-order valence-corrected chi connectivity index (χ2v) is 3.61. The number of hydrogen-bond acceptors (Lipinski definition) is 1. The van der Waals surface area contributed by atoms with Gasteiger partial charge in [0.15, 0.2) is 0 Å². The first-order chi connectivity index (χ1) is 5.36. The van der Waals surface area contributed by atoms with Gasteiger partial charge in [-0.05, 0) is 25.2 Å². The van der Waals surface area contributed by atoms with Crippen molar-refractivity contribution in [2.75, 3.05) is 0 Å². The Morgan fingerprint density at radius 3 is 2.82 bits per heavy atom. The number of hydrogen-bond donors (Lipinski definition) is 2. The Hall–Kier alpha value is -0.990. The summed E-state index contributed by atoms with van der Waals surface area (Å²) in [6.45, 7) is 0. The van der Waals surface area contributed by atoms with E-state index in [1.807, 2.05) is 0 Å². The molecule has 0 aromatic carbocycles. The second kappa shape index (κ2) is 1.60. The van der Waals surface area contributed by atoms with Gasteiger partial charge in [-0.15, -0.1) is 0 Å². The van der Waals surface area contributed by atoms with E-state index in [1.165, 1.54) is 25.0 Å². The normalized spacial score (nSPS) is 32.7. The summed E-state index contributed by atoms with van der Waals surface area (Å²) < 4.78 is 0. The quantitative estimate of drug-likeness (QED) is 0.571. The van der Waals surface area contributed by atoms with Gasteiger partial charge >= 0.3 is 0 Å². The van der Waals surface area contributed by atoms with Gasteiger partial charge in [0.1, 0.15) is 0 Å². The molecule has 0 amide bonds. The van der Waals surface area contributed by atoms with Crippen LogP contribution in [0.1, 0.15) is 42.4 Å². The third-order valence-corrected chi connectivity index (χ3v) is 3.09. The van der Waals surface area contributed by atoms with E-state index in [0.717, 1.165) is 5.56 Å². The lowest BCUT2D eigenvalue weighted by atomic mass is 9.98. The van der Waals surface area contributed by atoms with Crippen molar-refractivity contribution in [3.8, 4) is 0 Å². The van der Waals surface area contributed by atoms with Gasteiger partial charge in [-0.25, -0.2) is 0 Å². The second-order valence-electron chi connectivity index (χ2n) is 3.61. The van der Waals surface area contributed by atoms with Crippen molar-refractivity contribution in [2.24, 2.45) is 0 Å². The molecule has 58 valence electrons. The summed E-state index contributed by atoms with van der Waals surface area (Å²) in [6.07, 6.45) is 3.70. The standard InChI is InChI=1S/C8H10N2O/c11-8-6-4-1-2-5(3-4)7(6)9-10-8/h4-5H,1-3H2,(H2,9,10,11). The molecule has 3 heteroatoms. The number of aromatic amines is 2. The van der Waals surface area contributed by atoms with Crippen molar-refractivity contribution in [2.45, 2.75) is 31.1 Å². The van der Waals surface area contributed by atoms with Crippen LogP contribution in [0.5, 0.6) is 0 Å². The molecular formula is C8H10N2O. The molecule has 2 unspecified atom stereocenters. The van der Waals surface area contributed by atoms with Crippen LogP contribution in [0, 0.1) is 0 Å². The van der Waals surface area contributed by atoms with Crippen LogP contribution in [0.25, 0.3) is 0 Å². The van der Waals surface area contributed by atoms with Crippen molar-refractivity contribution in [1.29, 1.82) is 0 Å². The molecule has 0 aliphatic heterocycles. The molecule has 1 saturated carbocycles. The first-order valence-electron chi connectivity index (χ1n) is 4.16. The van der Waals surface area contributed by atoms with Crippen molar-refractivity contribution < 1.29 is 0 Å². The van der Waals surface area contributed by atoms with Crippen molar-refractivity contribution in [3.05, 3.63) is 21.6 Å². The Bertz CT molecular complexity index is 349. The van der Waals surface area contributed by atoms with Crippen LogP contribution in [-0.2, 0) is 0 Å². The molecule has 2 aliphatic carbocycles. The summed E-state index contributed by atoms with van der Waals surface area (Å²) >= 11 is 0. The lowest BCUT2D eigenvalue weighted by Gasteiger charge is -2.06. The van der Waals surface area contributed by atoms with Gasteiger partial charge < -0.3 is 5.10 Å². The third-order valence-electron chi connectivity index (χ3n) is 3.09. The van der Waals surface area contributed by atoms with Crippen LogP contribution in [-0.4, -0.2) is 10.2 Å². The highest BCUT2D eigenvalue weighted by atomic mass is 16.1. The lowest BCUT2D eigenvalue weighted by Crippen LogP contribution is -2.08. The SMILES string of the molecule is O=c1[nH][nH]c2c1C1CCC2C1. The first kappa shape index (κ1) is 5.63. The minimum atomic E-state index is 0.118. The van der Waals surface area contributed by atoms with E-state index >= 15 is 0 Å². The maximum atomic E-state index is 11.2. The number of aromatic nitrogens is 2. The summed E-state index contributed by atoms with van der Waals surface area (Å²) in [7, 11) is 0. The topological polar surface area (TPSA) is 48.6 Å². The lowest BCUT2D eigenvalue weighted by molar-refractivity contribution is 0.700. The molecule has 1 heterocycles. The Morgan fingerprint density at radius 2 is 2.00 bits per heavy atom. The zero-order chi connectivity index (χ0) is 7.42. The minimum absolute atomic E-state index is 0.118. The Balaban J connectivity index is 2.33. The average molecular weight is 150 g/mol. The number of fused-ring (bicyclic) bond motifs is 5. The van der Waals surface area contributed by atoms with Crippen LogP contribution >= 0.6 is 0 Å². The Labute approximate surface area is 63.8 Å². The molecule has 0 radical (unpaired) electrons. The van der Waals surface area contributed by atoms with E-state index in [0.29, 0.717) is 11.8 Å². The molecule has 2 aliphatic rings. The predicted octanol–water partition coefficient (Wildman–Crippen LogP) is 1.07. The van der Waals surface area contributed by atoms with Crippen LogP contribution < -0.4 is 5.56 Å². The van der Waals surface area contributed by atoms with E-state index in [-0.39, 0.29) is 5.56 Å². The largest absolute Gasteiger partial charge is 0.302 e. The third kappa shape index (κ3) is 0.526. The number of rotatable bonds is 0. The van der Waals surface area contributed by atoms with E-state index in [9.17, 15) is 4.79 Å². The molecular weight excluding hydrogens is 140 g/mol. The fourth-order valence-corrected chi connectivity index (χ4v) is 2.61. The Morgan fingerprint density at radius 1 is 1.18 bits per heavy atom. The summed E-state index contributed by atoms with van der Waals surface area (Å²) in [4.78, 5) is 11.2. The monoisotopic (exact) mass is 150 g/mol. The molecule has 3 rings (SSSR count). The summed E-state index contributed by atoms with van der Waals surface area (Å²) in [5.41, 5.74) is 2.37. The highest BCUT2D eigenvalue weighted by Gasteiger charge is 2.40. The van der Waals surface area contributed by atoms with Gasteiger partial charge in [0.2, 0.25) is 0 Å². The van der Waals surface area contributed by atoms with E-state index in [1.54, 1.807) is 0 Å². The summed E-state index contributed by atoms with van der Waals surface area (Å²) in [5, 5.41) is 5.64. The van der Waals surface area contributed by atoms with Gasteiger partial charge in [-0.1, -0.05) is 0 Å². The van der Waals surface area contributed by atoms with Crippen LogP contribution in [0.15, 0.2) is 4.79 Å². The zero-order valence-electron chi connectivity index (χ0n) is 6.18. The highest BCUT2D eigenvalue weighted by Crippen LogP contribution is 2.50. The summed E-state index contributed by atoms with van der Waals surface area (Å²) in [5.74, 6) is 1.24. The average Bonchev–Trinajstić information content (AvgIpc) is 2.60. The molecule has 0 saturated heterocycles. The molecule has 1 fully saturated rings. The zero-order valence-corrected chi connectivity index (χ0v) is 6.18. The summed E-state index contributed by atoms with van der Waals surface area (Å²) in [6, 6.07) is 0. The highest BCUT2D eigenvalue weighted by molar-refractivity contribution is 5.34. The fourth-order valence-electron chi connectivity index (χ4n) is 2.61. The van der Waals surface area contributed by atoms with Gasteiger partial charge in [-0.2, -0.15) is 0 Å². The smallest absolute Gasteiger partial charge is 0.267 e. The minimum Gasteiger partial charge on any atom is -0.302 e. The first-order valence-corrected chi connectivity index (χ1v) is 4.16. The van der Waals surface area contributed by atoms with E-state index in [2.05, 4.69) is 10.2 Å². The molecule has 2 atom stereocenters. The maximum absolute atomic E-state index is 11.2. The Kier molecular flexibility index (Phi) is 0.819. The van der Waals surface area contributed by atoms with Gasteiger partial charge in [0, 0.05) is 17.2 Å². The molecule has 1 aromatic rings. The molecule has 1 aromatic heterocycles. The molecule has 2 bridgehead atoms. The van der Waals surface area contributed by atoms with Gasteiger partial charge in [0.05, 0.1) is 0 Å².